The molecule has 31 heavy (non-hydrogen) atoms. The number of nitrogens with one attached hydrogen (secondary N) is 1. The van der Waals surface area contributed by atoms with Crippen LogP contribution < -0.4 is 5.32 Å². The Hall–Kier alpha value is -2.54. The average Bonchev–Trinajstić information content (AvgIpc) is 2.78. The third kappa shape index (κ3) is 4.15. The summed E-state index contributed by atoms with van der Waals surface area (Å²) in [4.78, 5) is 25.4. The standard InChI is InChI=1S/C24H31FN4O2/c1-17-14-20(26-3)28-21(27-17)23(2)8-5-11-29(16-23)22(30)24(9-12-31-13-10-24)18-6-4-7-19(25)15-18/h4,6-7,14-15H,5,8-13,16H2,1-3H3,(H,26,27,28)/t23-/m1/s1. The molecule has 3 heterocycles. The second kappa shape index (κ2) is 8.54. The van der Waals surface area contributed by atoms with Gasteiger partial charge in [-0.15, -0.1) is 0 Å². The molecule has 1 aromatic carbocycles. The highest BCUT2D eigenvalue weighted by molar-refractivity contribution is 5.88. The van der Waals surface area contributed by atoms with Crippen LogP contribution in [0.25, 0.3) is 0 Å². The number of nitrogens with zero attached hydrogens (tertiary/aromatic N) is 3. The second-order valence-corrected chi connectivity index (χ2v) is 9.06. The number of likely N-dealkylation sites (tertiary alicyclic amines) is 1. The summed E-state index contributed by atoms with van der Waals surface area (Å²) in [5.74, 6) is 1.30. The number of amides is 1. The van der Waals surface area contributed by atoms with Gasteiger partial charge in [0.2, 0.25) is 5.91 Å². The molecule has 2 saturated heterocycles. The predicted octanol–water partition coefficient (Wildman–Crippen LogP) is 3.59. The molecule has 1 amide bonds. The van der Waals surface area contributed by atoms with Gasteiger partial charge in [-0.3, -0.25) is 4.79 Å². The zero-order valence-electron chi connectivity index (χ0n) is 18.6. The summed E-state index contributed by atoms with van der Waals surface area (Å²) in [6, 6.07) is 8.41. The minimum atomic E-state index is -0.748. The maximum absolute atomic E-state index is 14.1. The molecule has 7 heteroatoms. The van der Waals surface area contributed by atoms with Gasteiger partial charge < -0.3 is 15.0 Å². The first-order valence-corrected chi connectivity index (χ1v) is 11.0. The highest BCUT2D eigenvalue weighted by Gasteiger charge is 2.47. The Balaban J connectivity index is 1.66. The van der Waals surface area contributed by atoms with E-state index in [-0.39, 0.29) is 17.1 Å². The van der Waals surface area contributed by atoms with Crippen molar-refractivity contribution in [1.82, 2.24) is 14.9 Å². The van der Waals surface area contributed by atoms with Crippen LogP contribution in [0.3, 0.4) is 0 Å². The van der Waals surface area contributed by atoms with Gasteiger partial charge in [0.15, 0.2) is 0 Å². The number of piperidine rings is 1. The van der Waals surface area contributed by atoms with Crippen LogP contribution in [0.1, 0.15) is 49.7 Å². The molecule has 2 fully saturated rings. The second-order valence-electron chi connectivity index (χ2n) is 9.06. The van der Waals surface area contributed by atoms with Crippen LogP contribution in [0, 0.1) is 12.7 Å². The van der Waals surface area contributed by atoms with Gasteiger partial charge in [0.05, 0.1) is 5.41 Å². The van der Waals surface area contributed by atoms with Crippen molar-refractivity contribution in [2.45, 2.75) is 50.4 Å². The molecule has 2 aromatic rings. The average molecular weight is 427 g/mol. The Bertz CT molecular complexity index is 960. The van der Waals surface area contributed by atoms with Gasteiger partial charge in [-0.25, -0.2) is 14.4 Å². The van der Waals surface area contributed by atoms with Crippen LogP contribution in [0.15, 0.2) is 30.3 Å². The minimum Gasteiger partial charge on any atom is -0.381 e. The number of hydrogen-bond acceptors (Lipinski definition) is 5. The molecule has 1 aromatic heterocycles. The van der Waals surface area contributed by atoms with Crippen LogP contribution in [-0.2, 0) is 20.4 Å². The molecule has 0 aliphatic carbocycles. The molecule has 4 rings (SSSR count). The van der Waals surface area contributed by atoms with Crippen LogP contribution in [-0.4, -0.2) is 54.1 Å². The Labute approximate surface area is 183 Å². The first-order chi connectivity index (χ1) is 14.9. The Morgan fingerprint density at radius 3 is 2.68 bits per heavy atom. The fourth-order valence-corrected chi connectivity index (χ4v) is 5.00. The topological polar surface area (TPSA) is 67.4 Å². The summed E-state index contributed by atoms with van der Waals surface area (Å²) in [6.45, 7) is 6.34. The number of carbonyl (C=O) groups excluding carboxylic acids is 1. The maximum atomic E-state index is 14.1. The van der Waals surface area contributed by atoms with Crippen molar-refractivity contribution < 1.29 is 13.9 Å². The maximum Gasteiger partial charge on any atom is 0.233 e. The van der Waals surface area contributed by atoms with Crippen molar-refractivity contribution in [2.75, 3.05) is 38.7 Å². The SMILES string of the molecule is CNc1cc(C)nc([C@]2(C)CCCN(C(=O)C3(c4cccc(F)c4)CCOCC3)C2)n1. The van der Waals surface area contributed by atoms with Gasteiger partial charge in [0, 0.05) is 50.5 Å². The third-order valence-electron chi connectivity index (χ3n) is 6.77. The molecule has 1 N–H and O–H groups in total. The zero-order chi connectivity index (χ0) is 22.1. The number of halogens is 1. The quantitative estimate of drug-likeness (QED) is 0.809. The van der Waals surface area contributed by atoms with Crippen LogP contribution >= 0.6 is 0 Å². The molecule has 1 atom stereocenters. The summed E-state index contributed by atoms with van der Waals surface area (Å²) >= 11 is 0. The van der Waals surface area contributed by atoms with Gasteiger partial charge in [-0.05, 0) is 50.3 Å². The molecule has 0 bridgehead atoms. The van der Waals surface area contributed by atoms with Gasteiger partial charge >= 0.3 is 0 Å². The summed E-state index contributed by atoms with van der Waals surface area (Å²) in [5, 5.41) is 3.10. The molecule has 0 radical (unpaired) electrons. The van der Waals surface area contributed by atoms with E-state index >= 15 is 0 Å². The zero-order valence-corrected chi connectivity index (χ0v) is 18.6. The number of aromatic nitrogens is 2. The van der Waals surface area contributed by atoms with Crippen LogP contribution in [0.5, 0.6) is 0 Å². The molecule has 6 nitrogen and oxygen atoms in total. The monoisotopic (exact) mass is 426 g/mol. The van der Waals surface area contributed by atoms with Crippen molar-refractivity contribution >= 4 is 11.7 Å². The summed E-state index contributed by atoms with van der Waals surface area (Å²) in [6.07, 6.45) is 2.92. The predicted molar refractivity (Wildman–Crippen MR) is 118 cm³/mol. The van der Waals surface area contributed by atoms with E-state index in [4.69, 9.17) is 14.7 Å². The number of aryl methyl sites for hydroxylation is 1. The van der Waals surface area contributed by atoms with E-state index in [1.807, 2.05) is 31.0 Å². The van der Waals surface area contributed by atoms with E-state index in [1.54, 1.807) is 6.07 Å². The van der Waals surface area contributed by atoms with Gasteiger partial charge in [-0.2, -0.15) is 0 Å². The lowest BCUT2D eigenvalue weighted by molar-refractivity contribution is -0.143. The third-order valence-corrected chi connectivity index (χ3v) is 6.77. The molecular weight excluding hydrogens is 395 g/mol. The minimum absolute atomic E-state index is 0.0637. The fourth-order valence-electron chi connectivity index (χ4n) is 5.00. The number of carbonyl (C=O) groups is 1. The molecule has 0 unspecified atom stereocenters. The summed E-state index contributed by atoms with van der Waals surface area (Å²) < 4.78 is 19.6. The van der Waals surface area contributed by atoms with Crippen LogP contribution in [0.4, 0.5) is 10.2 Å². The van der Waals surface area contributed by atoms with Crippen LogP contribution in [0.2, 0.25) is 0 Å². The van der Waals surface area contributed by atoms with E-state index in [9.17, 15) is 9.18 Å². The van der Waals surface area contributed by atoms with Crippen molar-refractivity contribution in [3.8, 4) is 0 Å². The lowest BCUT2D eigenvalue weighted by Crippen LogP contribution is -2.55. The number of ether oxygens (including phenoxy) is 1. The molecule has 0 saturated carbocycles. The van der Waals surface area contributed by atoms with E-state index in [2.05, 4.69) is 12.2 Å². The first kappa shape index (κ1) is 21.7. The highest BCUT2D eigenvalue weighted by atomic mass is 19.1. The van der Waals surface area contributed by atoms with E-state index in [1.165, 1.54) is 12.1 Å². The number of rotatable bonds is 4. The van der Waals surface area contributed by atoms with E-state index < -0.39 is 5.41 Å². The Morgan fingerprint density at radius 2 is 1.97 bits per heavy atom. The molecule has 0 spiro atoms. The van der Waals surface area contributed by atoms with Gasteiger partial charge in [-0.1, -0.05) is 19.1 Å². The Kier molecular flexibility index (Phi) is 5.97. The van der Waals surface area contributed by atoms with Crippen molar-refractivity contribution in [3.05, 3.63) is 53.2 Å². The molecular formula is C24H31FN4O2. The van der Waals surface area contributed by atoms with E-state index in [0.717, 1.165) is 35.7 Å². The normalized spacial score (nSPS) is 23.4. The first-order valence-electron chi connectivity index (χ1n) is 11.0. The summed E-state index contributed by atoms with van der Waals surface area (Å²) in [7, 11) is 1.85. The smallest absolute Gasteiger partial charge is 0.233 e. The van der Waals surface area contributed by atoms with Crippen molar-refractivity contribution in [3.63, 3.8) is 0 Å². The highest BCUT2D eigenvalue weighted by Crippen LogP contribution is 2.40. The largest absolute Gasteiger partial charge is 0.381 e. The van der Waals surface area contributed by atoms with Gasteiger partial charge in [0.25, 0.3) is 0 Å². The molecule has 2 aliphatic heterocycles. The lowest BCUT2D eigenvalue weighted by Gasteiger charge is -2.45. The lowest BCUT2D eigenvalue weighted by atomic mass is 9.71. The molecule has 2 aliphatic rings. The molecule has 166 valence electrons. The summed E-state index contributed by atoms with van der Waals surface area (Å²) in [5.41, 5.74) is 0.569. The van der Waals surface area contributed by atoms with Crippen molar-refractivity contribution in [2.24, 2.45) is 0 Å². The number of hydrogen-bond donors (Lipinski definition) is 1. The number of anilines is 1. The Morgan fingerprint density at radius 1 is 1.19 bits per heavy atom. The van der Waals surface area contributed by atoms with Gasteiger partial charge in [0.1, 0.15) is 17.5 Å². The fraction of sp³-hybridized carbons (Fsp3) is 0.542. The van der Waals surface area contributed by atoms with E-state index in [0.29, 0.717) is 39.1 Å². The van der Waals surface area contributed by atoms with Crippen molar-refractivity contribution in [1.29, 1.82) is 0 Å². The number of benzene rings is 1.